The minimum absolute atomic E-state index is 0.0711. The molecule has 0 spiro atoms. The number of phenols is 2. The van der Waals surface area contributed by atoms with E-state index in [0.29, 0.717) is 0 Å². The molecule has 0 fully saturated rings. The third kappa shape index (κ3) is 2.96. The summed E-state index contributed by atoms with van der Waals surface area (Å²) >= 11 is 0. The Kier molecular flexibility index (Phi) is 3.84. The second kappa shape index (κ2) is 5.94. The summed E-state index contributed by atoms with van der Waals surface area (Å²) in [6.07, 6.45) is 0. The molecule has 0 aliphatic rings. The van der Waals surface area contributed by atoms with Crippen molar-refractivity contribution in [2.24, 2.45) is 0 Å². The molecule has 22 heavy (non-hydrogen) atoms. The van der Waals surface area contributed by atoms with Gasteiger partial charge in [-0.15, -0.1) is 0 Å². The highest BCUT2D eigenvalue weighted by Crippen LogP contribution is 2.33. The van der Waals surface area contributed by atoms with Gasteiger partial charge in [0.15, 0.2) is 0 Å². The monoisotopic (exact) mass is 290 g/mol. The molecular weight excluding hydrogens is 272 g/mol. The quantitative estimate of drug-likeness (QED) is 0.693. The predicted octanol–water partition coefficient (Wildman–Crippen LogP) is 4.59. The van der Waals surface area contributed by atoms with Gasteiger partial charge >= 0.3 is 0 Å². The molecular formula is C20H18O2. The molecule has 0 unspecified atom stereocenters. The van der Waals surface area contributed by atoms with Gasteiger partial charge < -0.3 is 10.2 Å². The first-order chi connectivity index (χ1) is 10.6. The second-order valence-electron chi connectivity index (χ2n) is 5.53. The number of phenolic OH excluding ortho intramolecular Hbond substituents is 2. The van der Waals surface area contributed by atoms with Gasteiger partial charge in [-0.25, -0.2) is 0 Å². The van der Waals surface area contributed by atoms with E-state index in [0.717, 1.165) is 11.1 Å². The van der Waals surface area contributed by atoms with Crippen LogP contribution in [0.2, 0.25) is 0 Å². The second-order valence-corrected chi connectivity index (χ2v) is 5.53. The van der Waals surface area contributed by atoms with Crippen molar-refractivity contribution in [3.05, 3.63) is 95.1 Å². The molecule has 0 atom stereocenters. The molecule has 2 N–H and O–H groups in total. The SMILES string of the molecule is Cc1ccc(C(c2ccc(O)cc2)c2ccc(O)cc2)cc1. The lowest BCUT2D eigenvalue weighted by Gasteiger charge is -2.19. The van der Waals surface area contributed by atoms with Crippen molar-refractivity contribution in [3.63, 3.8) is 0 Å². The lowest BCUT2D eigenvalue weighted by atomic mass is 9.85. The smallest absolute Gasteiger partial charge is 0.115 e. The van der Waals surface area contributed by atoms with Crippen LogP contribution in [0.1, 0.15) is 28.2 Å². The van der Waals surface area contributed by atoms with Crippen molar-refractivity contribution in [3.8, 4) is 11.5 Å². The number of rotatable bonds is 3. The Bertz CT molecular complexity index is 633. The van der Waals surface area contributed by atoms with Gasteiger partial charge in [0, 0.05) is 5.92 Å². The Balaban J connectivity index is 2.10. The van der Waals surface area contributed by atoms with Gasteiger partial charge in [0.25, 0.3) is 0 Å². The molecule has 110 valence electrons. The van der Waals surface area contributed by atoms with Crippen LogP contribution >= 0.6 is 0 Å². The molecule has 2 heteroatoms. The van der Waals surface area contributed by atoms with Crippen LogP contribution in [-0.2, 0) is 0 Å². The van der Waals surface area contributed by atoms with Crippen LogP contribution in [0, 0.1) is 6.92 Å². The third-order valence-electron chi connectivity index (χ3n) is 3.86. The first kappa shape index (κ1) is 14.2. The van der Waals surface area contributed by atoms with E-state index in [1.165, 1.54) is 11.1 Å². The van der Waals surface area contributed by atoms with E-state index in [-0.39, 0.29) is 17.4 Å². The van der Waals surface area contributed by atoms with Gasteiger partial charge in [-0.2, -0.15) is 0 Å². The maximum Gasteiger partial charge on any atom is 0.115 e. The third-order valence-corrected chi connectivity index (χ3v) is 3.86. The van der Waals surface area contributed by atoms with Gasteiger partial charge in [0.05, 0.1) is 0 Å². The summed E-state index contributed by atoms with van der Waals surface area (Å²) in [4.78, 5) is 0. The molecule has 0 aliphatic carbocycles. The summed E-state index contributed by atoms with van der Waals surface area (Å²) < 4.78 is 0. The van der Waals surface area contributed by atoms with Crippen molar-refractivity contribution < 1.29 is 10.2 Å². The van der Waals surface area contributed by atoms with Gasteiger partial charge in [-0.1, -0.05) is 54.1 Å². The Morgan fingerprint density at radius 1 is 0.545 bits per heavy atom. The molecule has 0 amide bonds. The topological polar surface area (TPSA) is 40.5 Å². The average molecular weight is 290 g/mol. The molecule has 0 saturated heterocycles. The van der Waals surface area contributed by atoms with Crippen LogP contribution in [0.15, 0.2) is 72.8 Å². The number of benzene rings is 3. The Morgan fingerprint density at radius 2 is 0.864 bits per heavy atom. The van der Waals surface area contributed by atoms with Crippen molar-refractivity contribution in [2.75, 3.05) is 0 Å². The van der Waals surface area contributed by atoms with E-state index in [1.54, 1.807) is 24.3 Å². The number of aromatic hydroxyl groups is 2. The Labute approximate surface area is 130 Å². The normalized spacial score (nSPS) is 10.8. The lowest BCUT2D eigenvalue weighted by Crippen LogP contribution is -2.03. The molecule has 3 aromatic rings. The summed E-state index contributed by atoms with van der Waals surface area (Å²) in [6, 6.07) is 23.0. The summed E-state index contributed by atoms with van der Waals surface area (Å²) in [5.41, 5.74) is 4.61. The zero-order valence-corrected chi connectivity index (χ0v) is 12.4. The number of aryl methyl sites for hydroxylation is 1. The largest absolute Gasteiger partial charge is 0.508 e. The maximum atomic E-state index is 9.52. The van der Waals surface area contributed by atoms with E-state index in [1.807, 2.05) is 24.3 Å². The number of hydrogen-bond acceptors (Lipinski definition) is 2. The standard InChI is InChI=1S/C20H18O2/c1-14-2-4-15(5-3-14)20(16-6-10-18(21)11-7-16)17-8-12-19(22)13-9-17/h2-13,20-22H,1H3. The fourth-order valence-electron chi connectivity index (χ4n) is 2.67. The molecule has 0 bridgehead atoms. The van der Waals surface area contributed by atoms with Crippen LogP contribution in [0.4, 0.5) is 0 Å². The van der Waals surface area contributed by atoms with Crippen LogP contribution in [0.3, 0.4) is 0 Å². The predicted molar refractivity (Wildman–Crippen MR) is 88.3 cm³/mol. The summed E-state index contributed by atoms with van der Waals surface area (Å²) in [6.45, 7) is 2.07. The van der Waals surface area contributed by atoms with E-state index in [9.17, 15) is 10.2 Å². The average Bonchev–Trinajstić information content (AvgIpc) is 2.53. The molecule has 0 heterocycles. The van der Waals surface area contributed by atoms with Crippen LogP contribution in [-0.4, -0.2) is 10.2 Å². The van der Waals surface area contributed by atoms with Gasteiger partial charge in [0.1, 0.15) is 11.5 Å². The van der Waals surface area contributed by atoms with E-state index < -0.39 is 0 Å². The molecule has 0 radical (unpaired) electrons. The van der Waals surface area contributed by atoms with Crippen LogP contribution in [0.25, 0.3) is 0 Å². The Hall–Kier alpha value is -2.74. The van der Waals surface area contributed by atoms with Gasteiger partial charge in [0.2, 0.25) is 0 Å². The van der Waals surface area contributed by atoms with Crippen molar-refractivity contribution >= 4 is 0 Å². The van der Waals surface area contributed by atoms with E-state index in [2.05, 4.69) is 31.2 Å². The van der Waals surface area contributed by atoms with Crippen molar-refractivity contribution in [1.29, 1.82) is 0 Å². The number of hydrogen-bond donors (Lipinski definition) is 2. The lowest BCUT2D eigenvalue weighted by molar-refractivity contribution is 0.475. The fraction of sp³-hybridized carbons (Fsp3) is 0.100. The van der Waals surface area contributed by atoms with E-state index in [4.69, 9.17) is 0 Å². The highest BCUT2D eigenvalue weighted by Gasteiger charge is 2.16. The Morgan fingerprint density at radius 3 is 1.23 bits per heavy atom. The van der Waals surface area contributed by atoms with Crippen molar-refractivity contribution in [1.82, 2.24) is 0 Å². The van der Waals surface area contributed by atoms with Crippen molar-refractivity contribution in [2.45, 2.75) is 12.8 Å². The van der Waals surface area contributed by atoms with Crippen LogP contribution < -0.4 is 0 Å². The molecule has 3 rings (SSSR count). The van der Waals surface area contributed by atoms with Gasteiger partial charge in [-0.05, 0) is 47.9 Å². The molecule has 0 saturated carbocycles. The molecule has 0 aromatic heterocycles. The minimum Gasteiger partial charge on any atom is -0.508 e. The summed E-state index contributed by atoms with van der Waals surface area (Å²) in [5, 5.41) is 19.0. The highest BCUT2D eigenvalue weighted by molar-refractivity contribution is 5.45. The zero-order valence-electron chi connectivity index (χ0n) is 12.4. The van der Waals surface area contributed by atoms with Gasteiger partial charge in [-0.3, -0.25) is 0 Å². The molecule has 3 aromatic carbocycles. The first-order valence-electron chi connectivity index (χ1n) is 7.28. The van der Waals surface area contributed by atoms with E-state index >= 15 is 0 Å². The first-order valence-corrected chi connectivity index (χ1v) is 7.28. The fourth-order valence-corrected chi connectivity index (χ4v) is 2.67. The zero-order chi connectivity index (χ0) is 15.5. The maximum absolute atomic E-state index is 9.52. The van der Waals surface area contributed by atoms with Crippen LogP contribution in [0.5, 0.6) is 11.5 Å². The minimum atomic E-state index is 0.0711. The molecule has 0 aliphatic heterocycles. The summed E-state index contributed by atoms with van der Waals surface area (Å²) in [5.74, 6) is 0.594. The summed E-state index contributed by atoms with van der Waals surface area (Å²) in [7, 11) is 0. The highest BCUT2D eigenvalue weighted by atomic mass is 16.3. The molecule has 2 nitrogen and oxygen atoms in total.